The standard InChI is InChI=1S/C27H24ClN3O5S/c1-16-8-10-21(34-2)20(12-16)30-27-31-26(33)24(37-27)14-17-9-11-22(23(13-17)35-3)36-15-25(32)29-19-7-5-4-6-18(19)28/h4-14H,15H2,1-3H3,(H,29,32)(H,30,31,33)/b24-14-. The van der Waals surface area contributed by atoms with Crippen molar-refractivity contribution in [3.05, 3.63) is 81.7 Å². The highest BCUT2D eigenvalue weighted by atomic mass is 35.5. The number of halogens is 1. The first-order chi connectivity index (χ1) is 17.9. The Morgan fingerprint density at radius 1 is 1.05 bits per heavy atom. The molecule has 2 amide bonds. The summed E-state index contributed by atoms with van der Waals surface area (Å²) in [5, 5.41) is 6.37. The second kappa shape index (κ2) is 11.9. The molecule has 190 valence electrons. The molecule has 0 saturated carbocycles. The third-order valence-electron chi connectivity index (χ3n) is 5.20. The van der Waals surface area contributed by atoms with E-state index >= 15 is 0 Å². The lowest BCUT2D eigenvalue weighted by atomic mass is 10.2. The number of amides is 2. The van der Waals surface area contributed by atoms with Crippen LogP contribution in [0.2, 0.25) is 5.02 Å². The summed E-state index contributed by atoms with van der Waals surface area (Å²) in [6.07, 6.45) is 1.73. The van der Waals surface area contributed by atoms with E-state index in [9.17, 15) is 9.59 Å². The van der Waals surface area contributed by atoms with Crippen molar-refractivity contribution in [1.82, 2.24) is 5.32 Å². The number of methoxy groups -OCH3 is 2. The maximum Gasteiger partial charge on any atom is 0.264 e. The fourth-order valence-electron chi connectivity index (χ4n) is 3.41. The summed E-state index contributed by atoms with van der Waals surface area (Å²) in [4.78, 5) is 29.9. The summed E-state index contributed by atoms with van der Waals surface area (Å²) >= 11 is 7.30. The van der Waals surface area contributed by atoms with Gasteiger partial charge in [0.1, 0.15) is 11.4 Å². The van der Waals surface area contributed by atoms with Gasteiger partial charge in [0.25, 0.3) is 11.8 Å². The number of amidine groups is 1. The quantitative estimate of drug-likeness (QED) is 0.364. The van der Waals surface area contributed by atoms with Crippen LogP contribution in [0.3, 0.4) is 0 Å². The maximum atomic E-state index is 12.6. The van der Waals surface area contributed by atoms with Gasteiger partial charge >= 0.3 is 0 Å². The van der Waals surface area contributed by atoms with Crippen LogP contribution >= 0.6 is 23.4 Å². The van der Waals surface area contributed by atoms with Gasteiger partial charge in [0.2, 0.25) is 0 Å². The number of thioether (sulfide) groups is 1. The highest BCUT2D eigenvalue weighted by molar-refractivity contribution is 8.18. The summed E-state index contributed by atoms with van der Waals surface area (Å²) in [6.45, 7) is 1.73. The van der Waals surface area contributed by atoms with E-state index in [-0.39, 0.29) is 18.4 Å². The fourth-order valence-corrected chi connectivity index (χ4v) is 4.43. The molecule has 37 heavy (non-hydrogen) atoms. The number of carbonyl (C=O) groups excluding carboxylic acids is 2. The number of nitrogens with one attached hydrogen (secondary N) is 2. The lowest BCUT2D eigenvalue weighted by Gasteiger charge is -2.12. The normalized spacial score (nSPS) is 15.0. The number of ether oxygens (including phenoxy) is 3. The summed E-state index contributed by atoms with van der Waals surface area (Å²) in [5.74, 6) is 0.799. The van der Waals surface area contributed by atoms with E-state index in [0.29, 0.717) is 43.7 Å². The third kappa shape index (κ3) is 6.63. The maximum absolute atomic E-state index is 12.6. The molecule has 0 bridgehead atoms. The zero-order valence-electron chi connectivity index (χ0n) is 20.3. The van der Waals surface area contributed by atoms with E-state index < -0.39 is 0 Å². The molecule has 10 heteroatoms. The Hall–Kier alpha value is -3.95. The predicted octanol–water partition coefficient (Wildman–Crippen LogP) is 5.57. The average Bonchev–Trinajstić information content (AvgIpc) is 3.22. The first-order valence-electron chi connectivity index (χ1n) is 11.2. The van der Waals surface area contributed by atoms with Crippen LogP contribution in [-0.2, 0) is 9.59 Å². The highest BCUT2D eigenvalue weighted by Crippen LogP contribution is 2.34. The van der Waals surface area contributed by atoms with Crippen molar-refractivity contribution >= 4 is 57.8 Å². The van der Waals surface area contributed by atoms with E-state index in [2.05, 4.69) is 15.6 Å². The van der Waals surface area contributed by atoms with Crippen molar-refractivity contribution < 1.29 is 23.8 Å². The van der Waals surface area contributed by atoms with E-state index in [1.54, 1.807) is 55.7 Å². The van der Waals surface area contributed by atoms with Crippen LogP contribution in [0.1, 0.15) is 11.1 Å². The van der Waals surface area contributed by atoms with Gasteiger partial charge in [-0.15, -0.1) is 0 Å². The number of aryl methyl sites for hydroxylation is 1. The molecule has 1 aliphatic heterocycles. The molecule has 0 spiro atoms. The van der Waals surface area contributed by atoms with Crippen LogP contribution in [0.15, 0.2) is 70.6 Å². The zero-order valence-corrected chi connectivity index (χ0v) is 21.9. The van der Waals surface area contributed by atoms with Crippen molar-refractivity contribution in [2.24, 2.45) is 4.99 Å². The highest BCUT2D eigenvalue weighted by Gasteiger charge is 2.24. The van der Waals surface area contributed by atoms with Gasteiger partial charge in [-0.3, -0.25) is 9.59 Å². The molecule has 2 N–H and O–H groups in total. The van der Waals surface area contributed by atoms with Crippen molar-refractivity contribution in [3.8, 4) is 17.2 Å². The van der Waals surface area contributed by atoms with Crippen LogP contribution in [0.25, 0.3) is 6.08 Å². The fraction of sp³-hybridized carbons (Fsp3) is 0.148. The van der Waals surface area contributed by atoms with Gasteiger partial charge < -0.3 is 24.8 Å². The molecule has 0 atom stereocenters. The Labute approximate surface area is 223 Å². The first-order valence-corrected chi connectivity index (χ1v) is 12.3. The number of hydrogen-bond acceptors (Lipinski definition) is 7. The Bertz CT molecular complexity index is 1410. The summed E-state index contributed by atoms with van der Waals surface area (Å²) in [7, 11) is 3.08. The number of hydrogen-bond donors (Lipinski definition) is 2. The van der Waals surface area contributed by atoms with E-state index in [1.807, 2.05) is 25.1 Å². The van der Waals surface area contributed by atoms with Gasteiger partial charge in [0.15, 0.2) is 23.3 Å². The number of anilines is 1. The predicted molar refractivity (Wildman–Crippen MR) is 147 cm³/mol. The number of rotatable bonds is 8. The molecule has 4 rings (SSSR count). The van der Waals surface area contributed by atoms with Gasteiger partial charge in [0.05, 0.1) is 29.8 Å². The first kappa shape index (κ1) is 26.1. The summed E-state index contributed by atoms with van der Waals surface area (Å²) < 4.78 is 16.4. The monoisotopic (exact) mass is 537 g/mol. The number of benzene rings is 3. The number of carbonyl (C=O) groups is 2. The molecular weight excluding hydrogens is 514 g/mol. The molecule has 1 aliphatic rings. The minimum Gasteiger partial charge on any atom is -0.494 e. The topological polar surface area (TPSA) is 98.3 Å². The Morgan fingerprint density at radius 3 is 2.57 bits per heavy atom. The van der Waals surface area contributed by atoms with Crippen LogP contribution in [-0.4, -0.2) is 37.8 Å². The minimum atomic E-state index is -0.363. The van der Waals surface area contributed by atoms with Crippen LogP contribution < -0.4 is 24.8 Å². The SMILES string of the molecule is COc1ccc(C)cc1N=C1NC(=O)/C(=C/c2ccc(OCC(=O)Nc3ccccc3Cl)c(OC)c2)S1. The number of para-hydroxylation sites is 1. The van der Waals surface area contributed by atoms with E-state index in [0.717, 1.165) is 11.1 Å². The molecule has 3 aromatic rings. The average molecular weight is 538 g/mol. The lowest BCUT2D eigenvalue weighted by Crippen LogP contribution is -2.20. The lowest BCUT2D eigenvalue weighted by molar-refractivity contribution is -0.118. The third-order valence-corrected chi connectivity index (χ3v) is 6.44. The molecule has 1 heterocycles. The van der Waals surface area contributed by atoms with E-state index in [4.69, 9.17) is 25.8 Å². The molecule has 3 aromatic carbocycles. The molecule has 0 radical (unpaired) electrons. The second-order valence-electron chi connectivity index (χ2n) is 7.88. The second-order valence-corrected chi connectivity index (χ2v) is 9.32. The smallest absolute Gasteiger partial charge is 0.264 e. The van der Waals surface area contributed by atoms with Crippen molar-refractivity contribution in [1.29, 1.82) is 0 Å². The molecule has 1 fully saturated rings. The van der Waals surface area contributed by atoms with Crippen LogP contribution in [0.5, 0.6) is 17.2 Å². The number of nitrogens with zero attached hydrogens (tertiary/aromatic N) is 1. The molecule has 0 aromatic heterocycles. The van der Waals surface area contributed by atoms with Gasteiger partial charge in [-0.25, -0.2) is 4.99 Å². The summed E-state index contributed by atoms with van der Waals surface area (Å²) in [5.41, 5.74) is 2.88. The zero-order chi connectivity index (χ0) is 26.4. The van der Waals surface area contributed by atoms with Gasteiger partial charge in [-0.1, -0.05) is 35.9 Å². The molecule has 8 nitrogen and oxygen atoms in total. The Kier molecular flexibility index (Phi) is 8.37. The van der Waals surface area contributed by atoms with Crippen LogP contribution in [0.4, 0.5) is 11.4 Å². The van der Waals surface area contributed by atoms with Crippen molar-refractivity contribution in [2.45, 2.75) is 6.92 Å². The van der Waals surface area contributed by atoms with Crippen molar-refractivity contribution in [2.75, 3.05) is 26.1 Å². The van der Waals surface area contributed by atoms with Gasteiger partial charge in [-0.05, 0) is 72.3 Å². The molecule has 0 unspecified atom stereocenters. The van der Waals surface area contributed by atoms with Gasteiger partial charge in [-0.2, -0.15) is 0 Å². The molecule has 0 aliphatic carbocycles. The Morgan fingerprint density at radius 2 is 1.81 bits per heavy atom. The van der Waals surface area contributed by atoms with Crippen LogP contribution in [0, 0.1) is 6.92 Å². The largest absolute Gasteiger partial charge is 0.494 e. The minimum absolute atomic E-state index is 0.234. The van der Waals surface area contributed by atoms with Crippen molar-refractivity contribution in [3.63, 3.8) is 0 Å². The summed E-state index contributed by atoms with van der Waals surface area (Å²) in [6, 6.07) is 17.8. The van der Waals surface area contributed by atoms with E-state index in [1.165, 1.54) is 18.9 Å². The Balaban J connectivity index is 1.45. The molecular formula is C27H24ClN3O5S. The van der Waals surface area contributed by atoms with Gasteiger partial charge in [0, 0.05) is 0 Å². The number of aliphatic imine (C=N–C) groups is 1. The molecule has 1 saturated heterocycles.